The maximum atomic E-state index is 13.1. The molecular weight excluding hydrogens is 473 g/mol. The molecule has 1 aromatic rings. The van der Waals surface area contributed by atoms with Gasteiger partial charge < -0.3 is 19.5 Å². The van der Waals surface area contributed by atoms with Gasteiger partial charge in [0.2, 0.25) is 0 Å². The fourth-order valence-electron chi connectivity index (χ4n) is 7.44. The third-order valence-corrected chi connectivity index (χ3v) is 9.82. The monoisotopic (exact) mass is 510 g/mol. The number of fused-ring (bicyclic) bond motifs is 2. The van der Waals surface area contributed by atoms with Crippen molar-refractivity contribution in [1.29, 1.82) is 0 Å². The van der Waals surface area contributed by atoms with Crippen molar-refractivity contribution in [3.63, 3.8) is 0 Å². The van der Waals surface area contributed by atoms with Gasteiger partial charge in [0.1, 0.15) is 6.10 Å². The molecule has 4 aliphatic rings. The molecule has 0 aromatic heterocycles. The van der Waals surface area contributed by atoms with Crippen LogP contribution in [-0.4, -0.2) is 73.1 Å². The molecule has 4 fully saturated rings. The number of benzene rings is 1. The number of aliphatic hydroxyl groups is 1. The number of nitrogens with zero attached hydrogens (tertiary/aromatic N) is 2. The fourth-order valence-corrected chi connectivity index (χ4v) is 7.44. The molecule has 2 saturated carbocycles. The first kappa shape index (κ1) is 25.8. The molecule has 2 aliphatic heterocycles. The minimum atomic E-state index is -4.37. The number of piperazine rings is 1. The second-order valence-corrected chi connectivity index (χ2v) is 11.7. The number of anilines is 1. The highest BCUT2D eigenvalue weighted by Gasteiger charge is 2.67. The summed E-state index contributed by atoms with van der Waals surface area (Å²) in [5.74, 6) is -0.605. The van der Waals surface area contributed by atoms with Crippen LogP contribution in [0.3, 0.4) is 0 Å². The van der Waals surface area contributed by atoms with Gasteiger partial charge in [-0.2, -0.15) is 13.2 Å². The number of alkyl halides is 3. The molecule has 6 atom stereocenters. The van der Waals surface area contributed by atoms with Crippen LogP contribution >= 0.6 is 0 Å². The minimum absolute atomic E-state index is 0.0790. The van der Waals surface area contributed by atoms with Crippen LogP contribution in [0, 0.1) is 17.3 Å². The van der Waals surface area contributed by atoms with Crippen molar-refractivity contribution in [2.75, 3.05) is 44.7 Å². The van der Waals surface area contributed by atoms with E-state index >= 15 is 0 Å². The van der Waals surface area contributed by atoms with Gasteiger partial charge in [0, 0.05) is 56.9 Å². The minimum Gasteiger partial charge on any atom is -0.462 e. The van der Waals surface area contributed by atoms with E-state index in [1.165, 1.54) is 12.1 Å². The third-order valence-electron chi connectivity index (χ3n) is 9.82. The summed E-state index contributed by atoms with van der Waals surface area (Å²) in [5, 5.41) is 12.1. The van der Waals surface area contributed by atoms with Crippen molar-refractivity contribution in [1.82, 2.24) is 4.90 Å². The van der Waals surface area contributed by atoms with Gasteiger partial charge in [-0.3, -0.25) is 9.69 Å². The van der Waals surface area contributed by atoms with Crippen LogP contribution in [0.2, 0.25) is 0 Å². The van der Waals surface area contributed by atoms with Crippen LogP contribution in [0.4, 0.5) is 18.9 Å². The second-order valence-electron chi connectivity index (χ2n) is 11.7. The summed E-state index contributed by atoms with van der Waals surface area (Å²) in [4.78, 5) is 17.2. The Hall–Kier alpha value is -1.84. The average molecular weight is 511 g/mol. The molecule has 200 valence electrons. The smallest absolute Gasteiger partial charge is 0.416 e. The molecule has 2 heterocycles. The Morgan fingerprint density at radius 3 is 2.53 bits per heavy atom. The summed E-state index contributed by atoms with van der Waals surface area (Å²) in [5.41, 5.74) is -2.16. The number of hydrogen-bond acceptors (Lipinski definition) is 6. The Morgan fingerprint density at radius 1 is 1.14 bits per heavy atom. The van der Waals surface area contributed by atoms with Crippen molar-refractivity contribution in [2.45, 2.75) is 69.4 Å². The highest BCUT2D eigenvalue weighted by Crippen LogP contribution is 2.61. The van der Waals surface area contributed by atoms with Crippen molar-refractivity contribution in [3.8, 4) is 0 Å². The lowest BCUT2D eigenvalue weighted by molar-refractivity contribution is -0.270. The Kier molecular flexibility index (Phi) is 6.36. The number of carbonyl (C=O) groups excluding carboxylic acids is 1. The number of rotatable bonds is 4. The third kappa shape index (κ3) is 4.11. The number of ether oxygens (including phenoxy) is 2. The molecular formula is C27H37F3N2O4. The van der Waals surface area contributed by atoms with Crippen LogP contribution in [0.1, 0.15) is 51.5 Å². The van der Waals surface area contributed by atoms with Crippen molar-refractivity contribution < 1.29 is 32.5 Å². The van der Waals surface area contributed by atoms with Gasteiger partial charge in [0.05, 0.1) is 22.7 Å². The van der Waals surface area contributed by atoms with Crippen LogP contribution in [0.25, 0.3) is 0 Å². The summed E-state index contributed by atoms with van der Waals surface area (Å²) in [6.07, 6.45) is -0.825. The molecule has 9 heteroatoms. The molecule has 0 bridgehead atoms. The predicted molar refractivity (Wildman–Crippen MR) is 129 cm³/mol. The van der Waals surface area contributed by atoms with E-state index in [4.69, 9.17) is 9.47 Å². The van der Waals surface area contributed by atoms with Crippen LogP contribution in [0.15, 0.2) is 24.3 Å². The summed E-state index contributed by atoms with van der Waals surface area (Å²) in [7, 11) is 1.66. The molecule has 36 heavy (non-hydrogen) atoms. The molecule has 6 nitrogen and oxygen atoms in total. The number of carbonyl (C=O) groups is 1. The lowest BCUT2D eigenvalue weighted by Crippen LogP contribution is -2.69. The Labute approximate surface area is 210 Å². The first-order valence-corrected chi connectivity index (χ1v) is 13.0. The Balaban J connectivity index is 1.26. The number of halogens is 3. The zero-order valence-electron chi connectivity index (χ0n) is 21.3. The molecule has 0 radical (unpaired) electrons. The van der Waals surface area contributed by atoms with E-state index in [-0.39, 0.29) is 29.3 Å². The first-order valence-electron chi connectivity index (χ1n) is 13.0. The van der Waals surface area contributed by atoms with Gasteiger partial charge in [-0.15, -0.1) is 0 Å². The van der Waals surface area contributed by atoms with E-state index in [0.717, 1.165) is 25.3 Å². The van der Waals surface area contributed by atoms with E-state index in [0.29, 0.717) is 51.3 Å². The fraction of sp³-hybridized carbons (Fsp3) is 0.741. The zero-order valence-corrected chi connectivity index (χ0v) is 21.3. The largest absolute Gasteiger partial charge is 0.462 e. The average Bonchev–Trinajstić information content (AvgIpc) is 3.11. The van der Waals surface area contributed by atoms with Gasteiger partial charge >= 0.3 is 12.1 Å². The number of methoxy groups -OCH3 is 1. The van der Waals surface area contributed by atoms with Crippen molar-refractivity contribution in [3.05, 3.63) is 29.8 Å². The molecule has 2 aliphatic carbocycles. The van der Waals surface area contributed by atoms with E-state index in [9.17, 15) is 23.1 Å². The lowest BCUT2D eigenvalue weighted by atomic mass is 9.49. The van der Waals surface area contributed by atoms with Crippen molar-refractivity contribution in [2.24, 2.45) is 17.3 Å². The van der Waals surface area contributed by atoms with Gasteiger partial charge in [0.25, 0.3) is 0 Å². The van der Waals surface area contributed by atoms with Gasteiger partial charge in [-0.25, -0.2) is 0 Å². The van der Waals surface area contributed by atoms with Crippen molar-refractivity contribution >= 4 is 11.7 Å². The van der Waals surface area contributed by atoms with Crippen LogP contribution in [-0.2, 0) is 20.4 Å². The van der Waals surface area contributed by atoms with Crippen LogP contribution < -0.4 is 4.90 Å². The second kappa shape index (κ2) is 8.88. The quantitative estimate of drug-likeness (QED) is 0.616. The van der Waals surface area contributed by atoms with E-state index in [1.807, 2.05) is 11.8 Å². The highest BCUT2D eigenvalue weighted by molar-refractivity contribution is 5.75. The maximum Gasteiger partial charge on any atom is 0.416 e. The SMILES string of the molecule is CO[C@]1(C)CCC[C@]2(C)C[C@H]3OC(=O)[C@H](CN4CCN(c5cccc(C(F)(F)F)c5)CC4)[C@H]3C[C@@]21O. The number of hydrogen-bond donors (Lipinski definition) is 1. The molecule has 1 N–H and O–H groups in total. The van der Waals surface area contributed by atoms with Gasteiger partial charge in [-0.1, -0.05) is 13.0 Å². The predicted octanol–water partition coefficient (Wildman–Crippen LogP) is 4.11. The Bertz CT molecular complexity index is 997. The normalized spacial score (nSPS) is 39.5. The van der Waals surface area contributed by atoms with E-state index in [1.54, 1.807) is 13.2 Å². The molecule has 5 rings (SSSR count). The summed E-state index contributed by atoms with van der Waals surface area (Å²) >= 11 is 0. The highest BCUT2D eigenvalue weighted by atomic mass is 19.4. The lowest BCUT2D eigenvalue weighted by Gasteiger charge is -2.62. The molecule has 0 spiro atoms. The zero-order chi connectivity index (χ0) is 25.9. The van der Waals surface area contributed by atoms with E-state index < -0.39 is 22.9 Å². The van der Waals surface area contributed by atoms with Crippen LogP contribution in [0.5, 0.6) is 0 Å². The maximum absolute atomic E-state index is 13.1. The Morgan fingerprint density at radius 2 is 1.86 bits per heavy atom. The summed E-state index contributed by atoms with van der Waals surface area (Å²) in [6, 6.07) is 5.44. The molecule has 0 amide bonds. The van der Waals surface area contributed by atoms with Gasteiger partial charge in [-0.05, 0) is 57.2 Å². The van der Waals surface area contributed by atoms with Gasteiger partial charge in [0.15, 0.2) is 0 Å². The molecule has 0 unspecified atom stereocenters. The number of esters is 1. The summed E-state index contributed by atoms with van der Waals surface area (Å²) in [6.45, 7) is 7.09. The standard InChI is InChI=1S/C27H37F3N2O4/c1-24-8-5-9-25(2,35-3)26(24,34)15-20-21(23(33)36-22(20)16-24)17-31-10-12-32(13-11-31)19-7-4-6-18(14-19)27(28,29)30/h4,6-7,14,20-22,34H,5,8-13,15-17H2,1-3H3/t20-,21-,22-,24-,25-,26-/m1/s1. The first-order chi connectivity index (χ1) is 16.9. The summed E-state index contributed by atoms with van der Waals surface area (Å²) < 4.78 is 51.2. The molecule has 1 aromatic carbocycles. The van der Waals surface area contributed by atoms with E-state index in [2.05, 4.69) is 11.8 Å². The molecule has 2 saturated heterocycles. The topological polar surface area (TPSA) is 62.2 Å².